The van der Waals surface area contributed by atoms with Crippen molar-refractivity contribution >= 4 is 18.3 Å². The van der Waals surface area contributed by atoms with E-state index < -0.39 is 17.7 Å². The quantitative estimate of drug-likeness (QED) is 0.933. The third kappa shape index (κ3) is 4.72. The molecule has 0 bridgehead atoms. The summed E-state index contributed by atoms with van der Waals surface area (Å²) in [5.74, 6) is -1.57. The maximum Gasteiger partial charge on any atom is 0.240 e. The first-order chi connectivity index (χ1) is 8.62. The van der Waals surface area contributed by atoms with Crippen LogP contribution in [0.1, 0.15) is 26.3 Å². The summed E-state index contributed by atoms with van der Waals surface area (Å²) in [5, 5.41) is 0. The molecule has 0 aliphatic carbocycles. The second-order valence-corrected chi connectivity index (χ2v) is 5.77. The second-order valence-electron chi connectivity index (χ2n) is 5.77. The Labute approximate surface area is 124 Å². The Balaban J connectivity index is 0.00000361. The van der Waals surface area contributed by atoms with E-state index in [9.17, 15) is 13.6 Å². The Morgan fingerprint density at radius 2 is 1.90 bits per heavy atom. The number of carbonyl (C=O) groups excluding carboxylic acids is 1. The van der Waals surface area contributed by atoms with Crippen molar-refractivity contribution in [3.8, 4) is 0 Å². The summed E-state index contributed by atoms with van der Waals surface area (Å²) in [6.45, 7) is 5.65. The van der Waals surface area contributed by atoms with E-state index in [0.29, 0.717) is 0 Å². The number of nitrogens with zero attached hydrogens (tertiary/aromatic N) is 1. The average molecular weight is 307 g/mol. The fourth-order valence-electron chi connectivity index (χ4n) is 1.59. The lowest BCUT2D eigenvalue weighted by atomic mass is 9.86. The van der Waals surface area contributed by atoms with Crippen molar-refractivity contribution in [2.75, 3.05) is 7.05 Å². The monoisotopic (exact) mass is 306 g/mol. The Morgan fingerprint density at radius 1 is 1.35 bits per heavy atom. The van der Waals surface area contributed by atoms with Crippen LogP contribution in [0.4, 0.5) is 8.78 Å². The molecule has 0 saturated heterocycles. The zero-order valence-electron chi connectivity index (χ0n) is 12.1. The number of carbonyl (C=O) groups is 1. The van der Waals surface area contributed by atoms with E-state index >= 15 is 0 Å². The lowest BCUT2D eigenvalue weighted by Gasteiger charge is -2.30. The summed E-state index contributed by atoms with van der Waals surface area (Å²) >= 11 is 0. The third-order valence-corrected chi connectivity index (χ3v) is 3.00. The third-order valence-electron chi connectivity index (χ3n) is 3.00. The van der Waals surface area contributed by atoms with Crippen molar-refractivity contribution < 1.29 is 13.6 Å². The van der Waals surface area contributed by atoms with Gasteiger partial charge in [0.25, 0.3) is 0 Å². The minimum Gasteiger partial charge on any atom is -0.340 e. The number of halogens is 3. The lowest BCUT2D eigenvalue weighted by Crippen LogP contribution is -2.49. The van der Waals surface area contributed by atoms with Crippen LogP contribution in [0, 0.1) is 17.0 Å². The summed E-state index contributed by atoms with van der Waals surface area (Å²) in [6.07, 6.45) is 0. The van der Waals surface area contributed by atoms with Crippen LogP contribution in [0.15, 0.2) is 18.2 Å². The van der Waals surface area contributed by atoms with Crippen molar-refractivity contribution in [2.45, 2.75) is 33.4 Å². The summed E-state index contributed by atoms with van der Waals surface area (Å²) in [5.41, 5.74) is 5.76. The molecule has 114 valence electrons. The van der Waals surface area contributed by atoms with Gasteiger partial charge < -0.3 is 10.6 Å². The Hall–Kier alpha value is -1.20. The molecule has 0 aliphatic heterocycles. The van der Waals surface area contributed by atoms with Crippen molar-refractivity contribution in [1.82, 2.24) is 4.90 Å². The number of hydrogen-bond acceptors (Lipinski definition) is 2. The van der Waals surface area contributed by atoms with E-state index in [4.69, 9.17) is 5.73 Å². The normalized spacial score (nSPS) is 12.6. The summed E-state index contributed by atoms with van der Waals surface area (Å²) in [4.78, 5) is 13.4. The molecule has 20 heavy (non-hydrogen) atoms. The average Bonchev–Trinajstić information content (AvgIpc) is 2.29. The molecule has 2 N–H and O–H groups in total. The van der Waals surface area contributed by atoms with E-state index in [1.54, 1.807) is 7.05 Å². The van der Waals surface area contributed by atoms with Crippen LogP contribution in [-0.2, 0) is 11.3 Å². The van der Waals surface area contributed by atoms with Crippen LogP contribution >= 0.6 is 12.4 Å². The highest BCUT2D eigenvalue weighted by Gasteiger charge is 2.29. The molecule has 0 spiro atoms. The molecule has 1 amide bonds. The molecule has 6 heteroatoms. The van der Waals surface area contributed by atoms with Crippen molar-refractivity contribution in [1.29, 1.82) is 0 Å². The van der Waals surface area contributed by atoms with Gasteiger partial charge in [-0.3, -0.25) is 4.79 Å². The van der Waals surface area contributed by atoms with Crippen LogP contribution in [-0.4, -0.2) is 23.9 Å². The van der Waals surface area contributed by atoms with Crippen LogP contribution < -0.4 is 5.73 Å². The van der Waals surface area contributed by atoms with Crippen LogP contribution in [0.3, 0.4) is 0 Å². The molecule has 0 unspecified atom stereocenters. The standard InChI is InChI=1S/C14H20F2N2O.ClH/c1-14(2,3)12(17)13(19)18(4)8-9-5-6-10(15)7-11(9)16;/h5-7,12H,8,17H2,1-4H3;1H/t12-;/m1./s1. The van der Waals surface area contributed by atoms with E-state index in [0.717, 1.165) is 6.07 Å². The van der Waals surface area contributed by atoms with Gasteiger partial charge in [-0.05, 0) is 11.5 Å². The zero-order chi connectivity index (χ0) is 14.8. The van der Waals surface area contributed by atoms with E-state index in [1.165, 1.54) is 17.0 Å². The van der Waals surface area contributed by atoms with Gasteiger partial charge in [0.1, 0.15) is 11.6 Å². The van der Waals surface area contributed by atoms with E-state index in [2.05, 4.69) is 0 Å². The molecule has 0 saturated carbocycles. The molecule has 3 nitrogen and oxygen atoms in total. The topological polar surface area (TPSA) is 46.3 Å². The fraction of sp³-hybridized carbons (Fsp3) is 0.500. The summed E-state index contributed by atoms with van der Waals surface area (Å²) < 4.78 is 26.3. The van der Waals surface area contributed by atoms with Crippen molar-refractivity contribution in [3.63, 3.8) is 0 Å². The molecule has 1 aromatic rings. The van der Waals surface area contributed by atoms with Gasteiger partial charge in [-0.15, -0.1) is 12.4 Å². The van der Waals surface area contributed by atoms with Gasteiger partial charge in [0.05, 0.1) is 6.04 Å². The number of benzene rings is 1. The number of nitrogens with two attached hydrogens (primary N) is 1. The Bertz CT molecular complexity index is 475. The van der Waals surface area contributed by atoms with Crippen LogP contribution in [0.5, 0.6) is 0 Å². The maximum atomic E-state index is 13.5. The first-order valence-corrected chi connectivity index (χ1v) is 6.07. The first kappa shape index (κ1) is 18.8. The highest BCUT2D eigenvalue weighted by atomic mass is 35.5. The highest BCUT2D eigenvalue weighted by Crippen LogP contribution is 2.20. The number of amides is 1. The molecule has 1 rings (SSSR count). The van der Waals surface area contributed by atoms with Crippen LogP contribution in [0.25, 0.3) is 0 Å². The highest BCUT2D eigenvalue weighted by molar-refractivity contribution is 5.85. The van der Waals surface area contributed by atoms with Gasteiger partial charge in [0.2, 0.25) is 5.91 Å². The van der Waals surface area contributed by atoms with Gasteiger partial charge in [-0.1, -0.05) is 26.8 Å². The predicted molar refractivity (Wildman–Crippen MR) is 77.5 cm³/mol. The SMILES string of the molecule is CN(Cc1ccc(F)cc1F)C(=O)[C@@H](N)C(C)(C)C.Cl. The molecule has 0 fully saturated rings. The van der Waals surface area contributed by atoms with Gasteiger partial charge in [-0.2, -0.15) is 0 Å². The predicted octanol–water partition coefficient (Wildman–Crippen LogP) is 2.72. The smallest absolute Gasteiger partial charge is 0.240 e. The van der Waals surface area contributed by atoms with Gasteiger partial charge in [0.15, 0.2) is 0 Å². The van der Waals surface area contributed by atoms with Crippen LogP contribution in [0.2, 0.25) is 0 Å². The Kier molecular flexibility index (Phi) is 6.58. The molecular formula is C14H21ClF2N2O. The van der Waals surface area contributed by atoms with Crippen molar-refractivity contribution in [2.24, 2.45) is 11.1 Å². The Morgan fingerprint density at radius 3 is 2.35 bits per heavy atom. The van der Waals surface area contributed by atoms with Gasteiger partial charge in [0, 0.05) is 25.2 Å². The minimum absolute atomic E-state index is 0. The molecule has 0 aliphatic rings. The van der Waals surface area contributed by atoms with Gasteiger partial charge >= 0.3 is 0 Å². The molecule has 0 aromatic heterocycles. The number of hydrogen-bond donors (Lipinski definition) is 1. The zero-order valence-corrected chi connectivity index (χ0v) is 12.9. The van der Waals surface area contributed by atoms with Crippen molar-refractivity contribution in [3.05, 3.63) is 35.4 Å². The van der Waals surface area contributed by atoms with Gasteiger partial charge in [-0.25, -0.2) is 8.78 Å². The number of likely N-dealkylation sites (N-methyl/N-ethyl adjacent to an activating group) is 1. The minimum atomic E-state index is -0.666. The molecule has 0 heterocycles. The maximum absolute atomic E-state index is 13.5. The van der Waals surface area contributed by atoms with E-state index in [1.807, 2.05) is 20.8 Å². The number of rotatable bonds is 3. The molecule has 1 aromatic carbocycles. The second kappa shape index (κ2) is 6.99. The summed E-state index contributed by atoms with van der Waals surface area (Å²) in [7, 11) is 1.55. The summed E-state index contributed by atoms with van der Waals surface area (Å²) in [6, 6.07) is 2.63. The first-order valence-electron chi connectivity index (χ1n) is 6.07. The molecular weight excluding hydrogens is 286 g/mol. The fourth-order valence-corrected chi connectivity index (χ4v) is 1.59. The largest absolute Gasteiger partial charge is 0.340 e. The molecule has 1 atom stereocenters. The lowest BCUT2D eigenvalue weighted by molar-refractivity contribution is -0.134. The van der Waals surface area contributed by atoms with E-state index in [-0.39, 0.29) is 35.8 Å². The molecule has 0 radical (unpaired) electrons.